The molecule has 2 rings (SSSR count). The van der Waals surface area contributed by atoms with Gasteiger partial charge >= 0.3 is 11.9 Å². The first-order valence-electron chi connectivity index (χ1n) is 6.71. The van der Waals surface area contributed by atoms with Gasteiger partial charge in [0, 0.05) is 0 Å². The summed E-state index contributed by atoms with van der Waals surface area (Å²) in [6, 6.07) is 13.3. The summed E-state index contributed by atoms with van der Waals surface area (Å²) >= 11 is 0. The van der Waals surface area contributed by atoms with E-state index in [-0.39, 0.29) is 11.1 Å². The Morgan fingerprint density at radius 1 is 0.714 bits per heavy atom. The van der Waals surface area contributed by atoms with E-state index in [4.69, 9.17) is 10.2 Å². The van der Waals surface area contributed by atoms with Crippen molar-refractivity contribution in [2.24, 2.45) is 0 Å². The molecular formula is C17H18O4. The van der Waals surface area contributed by atoms with Crippen molar-refractivity contribution in [1.29, 1.82) is 0 Å². The van der Waals surface area contributed by atoms with Crippen LogP contribution in [0.4, 0.5) is 0 Å². The van der Waals surface area contributed by atoms with Gasteiger partial charge < -0.3 is 10.2 Å². The molecular weight excluding hydrogens is 268 g/mol. The van der Waals surface area contributed by atoms with Crippen molar-refractivity contribution < 1.29 is 19.8 Å². The molecule has 2 N–H and O–H groups in total. The summed E-state index contributed by atoms with van der Waals surface area (Å²) in [5.41, 5.74) is 2.47. The molecule has 0 unspecified atom stereocenters. The minimum Gasteiger partial charge on any atom is -0.478 e. The molecule has 2 aromatic carbocycles. The molecule has 0 aliphatic rings. The average molecular weight is 286 g/mol. The number of carbonyl (C=O) groups is 2. The average Bonchev–Trinajstić information content (AvgIpc) is 2.50. The second-order valence-electron chi connectivity index (χ2n) is 4.18. The van der Waals surface area contributed by atoms with E-state index in [1.807, 2.05) is 13.8 Å². The van der Waals surface area contributed by atoms with Crippen molar-refractivity contribution >= 4 is 11.9 Å². The molecule has 4 heteroatoms. The summed E-state index contributed by atoms with van der Waals surface area (Å²) in [5, 5.41) is 17.6. The summed E-state index contributed by atoms with van der Waals surface area (Å²) < 4.78 is 0. The molecule has 0 heterocycles. The lowest BCUT2D eigenvalue weighted by molar-refractivity contribution is 0.0686. The molecule has 0 saturated heterocycles. The van der Waals surface area contributed by atoms with E-state index < -0.39 is 11.9 Å². The molecule has 0 spiro atoms. The van der Waals surface area contributed by atoms with Gasteiger partial charge in [-0.3, -0.25) is 0 Å². The first-order chi connectivity index (χ1) is 10.1. The molecule has 21 heavy (non-hydrogen) atoms. The van der Waals surface area contributed by atoms with Crippen molar-refractivity contribution in [1.82, 2.24) is 0 Å². The third kappa shape index (κ3) is 4.76. The van der Waals surface area contributed by atoms with Crippen LogP contribution in [0.15, 0.2) is 48.5 Å². The summed E-state index contributed by atoms with van der Waals surface area (Å²) in [4.78, 5) is 21.4. The second-order valence-corrected chi connectivity index (χ2v) is 4.18. The number of benzene rings is 2. The minimum absolute atomic E-state index is 0.255. The Kier molecular flexibility index (Phi) is 6.14. The number of rotatable bonds is 4. The fraction of sp³-hybridized carbons (Fsp3) is 0.176. The van der Waals surface area contributed by atoms with Crippen molar-refractivity contribution in [3.05, 3.63) is 70.8 Å². The molecule has 0 aliphatic heterocycles. The predicted octanol–water partition coefficient (Wildman–Crippen LogP) is 3.70. The van der Waals surface area contributed by atoms with E-state index in [1.165, 1.54) is 0 Å². The molecule has 0 bridgehead atoms. The zero-order chi connectivity index (χ0) is 15.8. The number of aromatic carboxylic acids is 2. The van der Waals surface area contributed by atoms with Crippen LogP contribution >= 0.6 is 0 Å². The molecule has 4 nitrogen and oxygen atoms in total. The fourth-order valence-corrected chi connectivity index (χ4v) is 1.77. The van der Waals surface area contributed by atoms with Gasteiger partial charge in [0.05, 0.1) is 11.1 Å². The monoisotopic (exact) mass is 286 g/mol. The summed E-state index contributed by atoms with van der Waals surface area (Å²) in [6.07, 6.45) is 0.639. The van der Waals surface area contributed by atoms with Gasteiger partial charge in [0.15, 0.2) is 0 Å². The minimum atomic E-state index is -0.947. The Labute approximate surface area is 123 Å². The predicted molar refractivity (Wildman–Crippen MR) is 81.0 cm³/mol. The van der Waals surface area contributed by atoms with E-state index in [1.54, 1.807) is 48.5 Å². The topological polar surface area (TPSA) is 74.6 Å². The number of hydrogen-bond donors (Lipinski definition) is 2. The molecule has 110 valence electrons. The van der Waals surface area contributed by atoms with Crippen molar-refractivity contribution in [3.63, 3.8) is 0 Å². The lowest BCUT2D eigenvalue weighted by Gasteiger charge is -2.03. The van der Waals surface area contributed by atoms with Gasteiger partial charge in [0.25, 0.3) is 0 Å². The van der Waals surface area contributed by atoms with Gasteiger partial charge in [0.1, 0.15) is 0 Å². The molecule has 0 radical (unpaired) electrons. The van der Waals surface area contributed by atoms with E-state index in [0.717, 1.165) is 11.1 Å². The van der Waals surface area contributed by atoms with Gasteiger partial charge in [-0.05, 0) is 41.8 Å². The maximum absolute atomic E-state index is 10.7. The highest BCUT2D eigenvalue weighted by Crippen LogP contribution is 2.12. The van der Waals surface area contributed by atoms with Gasteiger partial charge in [0.2, 0.25) is 0 Å². The number of carboxylic acids is 2. The number of hydrogen-bond acceptors (Lipinski definition) is 2. The Morgan fingerprint density at radius 3 is 1.24 bits per heavy atom. The Bertz CT molecular complexity index is 542. The summed E-state index contributed by atoms with van der Waals surface area (Å²) in [5.74, 6) is -1.89. The van der Waals surface area contributed by atoms with Crippen LogP contribution in [-0.2, 0) is 6.42 Å². The first-order valence-corrected chi connectivity index (χ1v) is 6.71. The third-order valence-electron chi connectivity index (χ3n) is 2.81. The lowest BCUT2D eigenvalue weighted by atomic mass is 10.0. The van der Waals surface area contributed by atoms with Gasteiger partial charge in [-0.1, -0.05) is 38.1 Å². The highest BCUT2D eigenvalue weighted by atomic mass is 16.4. The van der Waals surface area contributed by atoms with Crippen molar-refractivity contribution in [2.45, 2.75) is 20.3 Å². The van der Waals surface area contributed by atoms with Gasteiger partial charge in [-0.15, -0.1) is 0 Å². The molecule has 0 saturated carbocycles. The van der Waals surface area contributed by atoms with Crippen LogP contribution in [0.2, 0.25) is 0 Å². The molecule has 0 fully saturated rings. The first kappa shape index (κ1) is 16.4. The van der Waals surface area contributed by atoms with E-state index in [9.17, 15) is 9.59 Å². The van der Waals surface area contributed by atoms with Crippen molar-refractivity contribution in [2.75, 3.05) is 0 Å². The second kappa shape index (κ2) is 7.85. The fourth-order valence-electron chi connectivity index (χ4n) is 1.77. The lowest BCUT2D eigenvalue weighted by Crippen LogP contribution is -1.98. The standard InChI is InChI=1S/C15H12O4.C2H6/c16-14(17)12-5-1-10(2-6-12)9-11-3-7-13(8-4-11)15(18)19;1-2/h1-8H,9H2,(H,16,17)(H,18,19);1-2H3. The van der Waals surface area contributed by atoms with E-state index in [0.29, 0.717) is 6.42 Å². The van der Waals surface area contributed by atoms with Crippen LogP contribution < -0.4 is 0 Å². The Morgan fingerprint density at radius 2 is 1.00 bits per heavy atom. The maximum atomic E-state index is 10.7. The Hall–Kier alpha value is -2.62. The zero-order valence-corrected chi connectivity index (χ0v) is 12.0. The van der Waals surface area contributed by atoms with E-state index >= 15 is 0 Å². The van der Waals surface area contributed by atoms with Crippen molar-refractivity contribution in [3.8, 4) is 0 Å². The van der Waals surface area contributed by atoms with Crippen LogP contribution in [-0.4, -0.2) is 22.2 Å². The highest BCUT2D eigenvalue weighted by Gasteiger charge is 2.04. The Balaban J connectivity index is 0.00000106. The van der Waals surface area contributed by atoms with Crippen LogP contribution in [0.3, 0.4) is 0 Å². The van der Waals surface area contributed by atoms with E-state index in [2.05, 4.69) is 0 Å². The highest BCUT2D eigenvalue weighted by molar-refractivity contribution is 5.88. The maximum Gasteiger partial charge on any atom is 0.335 e. The van der Waals surface area contributed by atoms with Crippen LogP contribution in [0, 0.1) is 0 Å². The normalized spacial score (nSPS) is 9.43. The largest absolute Gasteiger partial charge is 0.478 e. The number of carboxylic acid groups (broad SMARTS) is 2. The molecule has 2 aromatic rings. The smallest absolute Gasteiger partial charge is 0.335 e. The molecule has 0 atom stereocenters. The quantitative estimate of drug-likeness (QED) is 0.898. The molecule has 0 amide bonds. The van der Waals surface area contributed by atoms with Crippen LogP contribution in [0.5, 0.6) is 0 Å². The van der Waals surface area contributed by atoms with Crippen LogP contribution in [0.25, 0.3) is 0 Å². The third-order valence-corrected chi connectivity index (χ3v) is 2.81. The van der Waals surface area contributed by atoms with Crippen LogP contribution in [0.1, 0.15) is 45.7 Å². The van der Waals surface area contributed by atoms with Gasteiger partial charge in [-0.25, -0.2) is 9.59 Å². The summed E-state index contributed by atoms with van der Waals surface area (Å²) in [7, 11) is 0. The SMILES string of the molecule is CC.O=C(O)c1ccc(Cc2ccc(C(=O)O)cc2)cc1. The van der Waals surface area contributed by atoms with Gasteiger partial charge in [-0.2, -0.15) is 0 Å². The zero-order valence-electron chi connectivity index (χ0n) is 12.0. The summed E-state index contributed by atoms with van der Waals surface area (Å²) in [6.45, 7) is 4.00. The molecule has 0 aromatic heterocycles. The molecule has 0 aliphatic carbocycles.